The van der Waals surface area contributed by atoms with Gasteiger partial charge in [-0.1, -0.05) is 52.3 Å². The van der Waals surface area contributed by atoms with Gasteiger partial charge in [0.1, 0.15) is 0 Å². The van der Waals surface area contributed by atoms with Crippen LogP contribution in [0.3, 0.4) is 0 Å². The predicted octanol–water partition coefficient (Wildman–Crippen LogP) is 2.60. The van der Waals surface area contributed by atoms with E-state index in [-0.39, 0.29) is 12.2 Å². The summed E-state index contributed by atoms with van der Waals surface area (Å²) in [5.41, 5.74) is 0.943. The maximum Gasteiger partial charge on any atom is 0.307 e. The van der Waals surface area contributed by atoms with Gasteiger partial charge in [-0.15, -0.1) is 0 Å². The van der Waals surface area contributed by atoms with Crippen LogP contribution in [0.2, 0.25) is 0 Å². The fourth-order valence-electron chi connectivity index (χ4n) is 1.18. The number of ketones is 1. The van der Waals surface area contributed by atoms with Gasteiger partial charge in [0.15, 0.2) is 5.78 Å². The summed E-state index contributed by atoms with van der Waals surface area (Å²) in [6.07, 6.45) is 3.21. The van der Waals surface area contributed by atoms with Gasteiger partial charge < -0.3 is 4.74 Å². The zero-order chi connectivity index (χ0) is 12.7. The molecule has 0 heterocycles. The van der Waals surface area contributed by atoms with Crippen LogP contribution in [0.1, 0.15) is 12.0 Å². The molecule has 0 bridgehead atoms. The first kappa shape index (κ1) is 13.6. The summed E-state index contributed by atoms with van der Waals surface area (Å²) >= 11 is 3.16. The van der Waals surface area contributed by atoms with Crippen molar-refractivity contribution in [2.24, 2.45) is 0 Å². The van der Waals surface area contributed by atoms with E-state index in [1.165, 1.54) is 13.2 Å². The van der Waals surface area contributed by atoms with Crippen molar-refractivity contribution in [3.63, 3.8) is 0 Å². The molecule has 0 aliphatic carbocycles. The summed E-state index contributed by atoms with van der Waals surface area (Å²) < 4.78 is 4.49. The summed E-state index contributed by atoms with van der Waals surface area (Å²) in [7, 11) is 1.30. The molecule has 1 rings (SSSR count). The number of benzene rings is 1. The van der Waals surface area contributed by atoms with E-state index in [9.17, 15) is 9.59 Å². The second-order valence-corrected chi connectivity index (χ2v) is 4.50. The molecule has 0 fully saturated rings. The average Bonchev–Trinajstić information content (AvgIpc) is 2.36. The summed E-state index contributed by atoms with van der Waals surface area (Å²) in [5.74, 6) is -0.562. The molecule has 1 unspecified atom stereocenters. The molecule has 0 amide bonds. The number of rotatable bonds is 5. The first-order valence-electron chi connectivity index (χ1n) is 5.11. The number of methoxy groups -OCH3 is 1. The second-order valence-electron chi connectivity index (χ2n) is 3.39. The van der Waals surface area contributed by atoms with Crippen molar-refractivity contribution in [3.8, 4) is 0 Å². The maximum absolute atomic E-state index is 11.6. The van der Waals surface area contributed by atoms with Crippen molar-refractivity contribution in [3.05, 3.63) is 42.0 Å². The number of alkyl halides is 1. The Hall–Kier alpha value is -1.42. The van der Waals surface area contributed by atoms with Gasteiger partial charge in [0.05, 0.1) is 18.4 Å². The smallest absolute Gasteiger partial charge is 0.307 e. The molecule has 0 aliphatic rings. The van der Waals surface area contributed by atoms with Crippen LogP contribution < -0.4 is 0 Å². The van der Waals surface area contributed by atoms with Gasteiger partial charge in [0, 0.05) is 0 Å². The lowest BCUT2D eigenvalue weighted by atomic mass is 10.1. The third-order valence-corrected chi connectivity index (χ3v) is 2.90. The third kappa shape index (κ3) is 4.95. The lowest BCUT2D eigenvalue weighted by Gasteiger charge is -2.03. The molecule has 0 aromatic heterocycles. The molecule has 1 aromatic rings. The molecule has 0 saturated heterocycles. The Morgan fingerprint density at radius 3 is 2.59 bits per heavy atom. The van der Waals surface area contributed by atoms with Crippen LogP contribution in [0.4, 0.5) is 0 Å². The molecule has 17 heavy (non-hydrogen) atoms. The highest BCUT2D eigenvalue weighted by Crippen LogP contribution is 2.10. The fourth-order valence-corrected chi connectivity index (χ4v) is 1.59. The molecular formula is C13H13BrO3. The summed E-state index contributed by atoms with van der Waals surface area (Å²) in [4.78, 5) is 22.1. The van der Waals surface area contributed by atoms with Gasteiger partial charge in [0.25, 0.3) is 0 Å². The minimum absolute atomic E-state index is 0.0362. The van der Waals surface area contributed by atoms with Gasteiger partial charge >= 0.3 is 5.97 Å². The largest absolute Gasteiger partial charge is 0.469 e. The molecule has 0 N–H and O–H groups in total. The van der Waals surface area contributed by atoms with Crippen molar-refractivity contribution < 1.29 is 14.3 Å². The number of hydrogen-bond donors (Lipinski definition) is 0. The van der Waals surface area contributed by atoms with Crippen molar-refractivity contribution in [2.75, 3.05) is 7.11 Å². The lowest BCUT2D eigenvalue weighted by molar-refractivity contribution is -0.141. The number of carbonyl (C=O) groups is 2. The third-order valence-electron chi connectivity index (χ3n) is 2.12. The monoisotopic (exact) mass is 296 g/mol. The first-order chi connectivity index (χ1) is 8.13. The topological polar surface area (TPSA) is 43.4 Å². The molecule has 4 heteroatoms. The van der Waals surface area contributed by atoms with Gasteiger partial charge in [-0.2, -0.15) is 0 Å². The van der Waals surface area contributed by atoms with Gasteiger partial charge in [-0.05, 0) is 11.6 Å². The zero-order valence-electron chi connectivity index (χ0n) is 9.43. The molecule has 1 atom stereocenters. The van der Waals surface area contributed by atoms with Crippen molar-refractivity contribution in [1.82, 2.24) is 0 Å². The number of ether oxygens (including phenoxy) is 1. The fraction of sp³-hybridized carbons (Fsp3) is 0.231. The first-order valence-corrected chi connectivity index (χ1v) is 6.03. The van der Waals surface area contributed by atoms with E-state index in [0.717, 1.165) is 5.56 Å². The number of hydrogen-bond acceptors (Lipinski definition) is 3. The van der Waals surface area contributed by atoms with Gasteiger partial charge in [-0.25, -0.2) is 0 Å². The Morgan fingerprint density at radius 2 is 2.00 bits per heavy atom. The molecule has 90 valence electrons. The van der Waals surface area contributed by atoms with Gasteiger partial charge in [-0.3, -0.25) is 9.59 Å². The SMILES string of the molecule is COC(=O)CC(Br)C(=O)/C=C/c1ccccc1. The van der Waals surface area contributed by atoms with Crippen molar-refractivity contribution >= 4 is 33.8 Å². The Kier molecular flexibility index (Phi) is 5.63. The van der Waals surface area contributed by atoms with Crippen LogP contribution in [-0.4, -0.2) is 23.7 Å². The lowest BCUT2D eigenvalue weighted by Crippen LogP contribution is -2.16. The maximum atomic E-state index is 11.6. The molecule has 0 radical (unpaired) electrons. The minimum atomic E-state index is -0.532. The van der Waals surface area contributed by atoms with Crippen LogP contribution in [0.15, 0.2) is 36.4 Å². The second kappa shape index (κ2) is 7.01. The predicted molar refractivity (Wildman–Crippen MR) is 69.8 cm³/mol. The summed E-state index contributed by atoms with van der Waals surface area (Å²) in [6, 6.07) is 9.48. The molecule has 0 spiro atoms. The van der Waals surface area contributed by atoms with E-state index in [4.69, 9.17) is 0 Å². The molecule has 1 aromatic carbocycles. The van der Waals surface area contributed by atoms with Crippen molar-refractivity contribution in [1.29, 1.82) is 0 Å². The Balaban J connectivity index is 2.54. The van der Waals surface area contributed by atoms with Crippen molar-refractivity contribution in [2.45, 2.75) is 11.2 Å². The highest BCUT2D eigenvalue weighted by Gasteiger charge is 2.16. The quantitative estimate of drug-likeness (QED) is 0.476. The van der Waals surface area contributed by atoms with E-state index >= 15 is 0 Å². The highest BCUT2D eigenvalue weighted by molar-refractivity contribution is 9.10. The molecule has 3 nitrogen and oxygen atoms in total. The van der Waals surface area contributed by atoms with E-state index in [0.29, 0.717) is 0 Å². The molecule has 0 aliphatic heterocycles. The van der Waals surface area contributed by atoms with Crippen LogP contribution in [0.25, 0.3) is 6.08 Å². The zero-order valence-corrected chi connectivity index (χ0v) is 11.0. The summed E-state index contributed by atoms with van der Waals surface area (Å²) in [5, 5.41) is 0. The van der Waals surface area contributed by atoms with E-state index in [2.05, 4.69) is 20.7 Å². The Bertz CT molecular complexity index is 412. The number of esters is 1. The Labute approximate surface area is 109 Å². The molecule has 0 saturated carbocycles. The average molecular weight is 297 g/mol. The van der Waals surface area contributed by atoms with Crippen LogP contribution in [0.5, 0.6) is 0 Å². The minimum Gasteiger partial charge on any atom is -0.469 e. The van der Waals surface area contributed by atoms with Crippen LogP contribution >= 0.6 is 15.9 Å². The number of allylic oxidation sites excluding steroid dienone is 1. The van der Waals surface area contributed by atoms with E-state index in [1.807, 2.05) is 30.3 Å². The van der Waals surface area contributed by atoms with Crippen LogP contribution in [0, 0.1) is 0 Å². The number of halogens is 1. The summed E-state index contributed by atoms with van der Waals surface area (Å²) in [6.45, 7) is 0. The normalized spacial score (nSPS) is 12.4. The van der Waals surface area contributed by atoms with Crippen LogP contribution in [-0.2, 0) is 14.3 Å². The van der Waals surface area contributed by atoms with E-state index in [1.54, 1.807) is 6.08 Å². The van der Waals surface area contributed by atoms with E-state index < -0.39 is 10.8 Å². The standard InChI is InChI=1S/C13H13BrO3/c1-17-13(16)9-11(14)12(15)8-7-10-5-3-2-4-6-10/h2-8,11H,9H2,1H3/b8-7+. The highest BCUT2D eigenvalue weighted by atomic mass is 79.9. The van der Waals surface area contributed by atoms with Gasteiger partial charge in [0.2, 0.25) is 0 Å². The Morgan fingerprint density at radius 1 is 1.35 bits per heavy atom. The number of carbonyl (C=O) groups excluding carboxylic acids is 2. The molecular weight excluding hydrogens is 284 g/mol.